The van der Waals surface area contributed by atoms with Crippen molar-refractivity contribution >= 4 is 17.9 Å². The fraction of sp³-hybridized carbons (Fsp3) is 0.904. The average molecular weight is 1110 g/mol. The predicted octanol–water partition coefficient (Wildman–Crippen LogP) is 24.6. The van der Waals surface area contributed by atoms with Crippen LogP contribution in [0.25, 0.3) is 0 Å². The van der Waals surface area contributed by atoms with Gasteiger partial charge in [-0.25, -0.2) is 0 Å². The molecule has 1 unspecified atom stereocenters. The largest absolute Gasteiger partial charge is 0.462 e. The Morgan fingerprint density at radius 3 is 0.658 bits per heavy atom. The maximum Gasteiger partial charge on any atom is 0.306 e. The van der Waals surface area contributed by atoms with Crippen LogP contribution < -0.4 is 0 Å². The van der Waals surface area contributed by atoms with Crippen molar-refractivity contribution in [2.75, 3.05) is 13.2 Å². The number of allylic oxidation sites excluding steroid dienone is 4. The maximum absolute atomic E-state index is 12.9. The van der Waals surface area contributed by atoms with E-state index in [1.54, 1.807) is 0 Å². The number of unbranched alkanes of at least 4 members (excludes halogenated alkanes) is 52. The van der Waals surface area contributed by atoms with Crippen molar-refractivity contribution in [3.8, 4) is 0 Å². The van der Waals surface area contributed by atoms with Crippen molar-refractivity contribution in [2.45, 2.75) is 412 Å². The molecule has 6 nitrogen and oxygen atoms in total. The van der Waals surface area contributed by atoms with Gasteiger partial charge in [0.1, 0.15) is 13.2 Å². The van der Waals surface area contributed by atoms with Gasteiger partial charge in [0.05, 0.1) is 0 Å². The van der Waals surface area contributed by atoms with Crippen LogP contribution in [-0.2, 0) is 28.6 Å². The van der Waals surface area contributed by atoms with Gasteiger partial charge in [0, 0.05) is 19.3 Å². The molecule has 0 N–H and O–H groups in total. The fourth-order valence-corrected chi connectivity index (χ4v) is 11.0. The van der Waals surface area contributed by atoms with E-state index in [4.69, 9.17) is 14.2 Å². The second-order valence-electron chi connectivity index (χ2n) is 24.5. The Bertz CT molecular complexity index is 1270. The molecule has 0 aromatic heterocycles. The monoisotopic (exact) mass is 1110 g/mol. The van der Waals surface area contributed by atoms with Gasteiger partial charge in [0.25, 0.3) is 0 Å². The molecule has 0 rings (SSSR count). The van der Waals surface area contributed by atoms with Gasteiger partial charge in [0.2, 0.25) is 0 Å². The first-order chi connectivity index (χ1) is 39.0. The summed E-state index contributed by atoms with van der Waals surface area (Å²) in [7, 11) is 0. The van der Waals surface area contributed by atoms with Crippen molar-refractivity contribution in [1.29, 1.82) is 0 Å². The standard InChI is InChI=1S/C73H138O6/c1-4-7-10-13-16-19-22-25-27-28-29-30-31-32-33-34-35-36-37-38-39-40-41-42-43-44-45-47-48-51-54-57-60-63-66-72(75)78-69-70(68-77-71(74)65-62-59-56-53-50-24-21-18-15-12-9-6-3)79-73(76)67-64-61-58-55-52-49-46-26-23-20-17-14-11-8-5-2/h18,21,26,46,70H,4-17,19-20,22-25,27-45,47-69H2,1-3H3/b21-18-,46-26-. The zero-order valence-corrected chi connectivity index (χ0v) is 53.7. The van der Waals surface area contributed by atoms with Gasteiger partial charge >= 0.3 is 17.9 Å². The molecule has 0 heterocycles. The minimum Gasteiger partial charge on any atom is -0.462 e. The number of rotatable bonds is 67. The Balaban J connectivity index is 4.03. The molecule has 0 aromatic carbocycles. The third kappa shape index (κ3) is 66.6. The lowest BCUT2D eigenvalue weighted by Gasteiger charge is -2.18. The molecule has 0 spiro atoms. The highest BCUT2D eigenvalue weighted by Gasteiger charge is 2.19. The van der Waals surface area contributed by atoms with Crippen LogP contribution in [0.15, 0.2) is 24.3 Å². The van der Waals surface area contributed by atoms with E-state index in [1.807, 2.05) is 0 Å². The quantitative estimate of drug-likeness (QED) is 0.0261. The minimum absolute atomic E-state index is 0.0725. The van der Waals surface area contributed by atoms with Crippen LogP contribution >= 0.6 is 0 Å². The molecule has 0 aliphatic heterocycles. The van der Waals surface area contributed by atoms with Crippen molar-refractivity contribution in [3.05, 3.63) is 24.3 Å². The van der Waals surface area contributed by atoms with E-state index >= 15 is 0 Å². The summed E-state index contributed by atoms with van der Waals surface area (Å²) in [5.74, 6) is -0.865. The molecule has 6 heteroatoms. The van der Waals surface area contributed by atoms with Crippen LogP contribution in [0, 0.1) is 0 Å². The third-order valence-corrected chi connectivity index (χ3v) is 16.4. The van der Waals surface area contributed by atoms with E-state index in [-0.39, 0.29) is 31.1 Å². The number of ether oxygens (including phenoxy) is 3. The zero-order chi connectivity index (χ0) is 57.1. The van der Waals surface area contributed by atoms with Gasteiger partial charge in [-0.1, -0.05) is 340 Å². The summed E-state index contributed by atoms with van der Waals surface area (Å²) in [5.41, 5.74) is 0. The Labute approximate surface area is 493 Å². The first-order valence-corrected chi connectivity index (χ1v) is 35.8. The second kappa shape index (κ2) is 68.4. The van der Waals surface area contributed by atoms with Crippen LogP contribution in [0.2, 0.25) is 0 Å². The third-order valence-electron chi connectivity index (χ3n) is 16.4. The van der Waals surface area contributed by atoms with Crippen molar-refractivity contribution in [2.24, 2.45) is 0 Å². The topological polar surface area (TPSA) is 78.9 Å². The molecule has 0 fully saturated rings. The van der Waals surface area contributed by atoms with E-state index in [0.717, 1.165) is 70.6 Å². The van der Waals surface area contributed by atoms with Gasteiger partial charge in [-0.05, 0) is 70.6 Å². The normalized spacial score (nSPS) is 12.1. The van der Waals surface area contributed by atoms with Crippen molar-refractivity contribution in [3.63, 3.8) is 0 Å². The number of esters is 3. The fourth-order valence-electron chi connectivity index (χ4n) is 11.0. The molecular formula is C73H138O6. The molecule has 0 amide bonds. The minimum atomic E-state index is -0.776. The highest BCUT2D eigenvalue weighted by Crippen LogP contribution is 2.19. The summed E-state index contributed by atoms with van der Waals surface area (Å²) >= 11 is 0. The molecule has 0 saturated carbocycles. The van der Waals surface area contributed by atoms with E-state index in [1.165, 1.54) is 295 Å². The lowest BCUT2D eigenvalue weighted by Crippen LogP contribution is -2.30. The van der Waals surface area contributed by atoms with Crippen LogP contribution in [0.3, 0.4) is 0 Å². The Kier molecular flexibility index (Phi) is 66.6. The molecule has 0 aliphatic rings. The van der Waals surface area contributed by atoms with Crippen LogP contribution in [0.4, 0.5) is 0 Å². The van der Waals surface area contributed by atoms with E-state index in [2.05, 4.69) is 45.1 Å². The van der Waals surface area contributed by atoms with Crippen molar-refractivity contribution in [1.82, 2.24) is 0 Å². The predicted molar refractivity (Wildman–Crippen MR) is 344 cm³/mol. The molecule has 0 aliphatic carbocycles. The number of carbonyl (C=O) groups is 3. The summed E-state index contributed by atoms with van der Waals surface area (Å²) < 4.78 is 16.9. The molecular weight excluding hydrogens is 973 g/mol. The molecule has 466 valence electrons. The van der Waals surface area contributed by atoms with E-state index in [0.29, 0.717) is 19.3 Å². The summed E-state index contributed by atoms with van der Waals surface area (Å²) in [6, 6.07) is 0. The van der Waals surface area contributed by atoms with Crippen molar-refractivity contribution < 1.29 is 28.6 Å². The van der Waals surface area contributed by atoms with Gasteiger partial charge in [-0.3, -0.25) is 14.4 Å². The molecule has 1 atom stereocenters. The van der Waals surface area contributed by atoms with Gasteiger partial charge in [-0.2, -0.15) is 0 Å². The Morgan fingerprint density at radius 2 is 0.418 bits per heavy atom. The van der Waals surface area contributed by atoms with Gasteiger partial charge in [0.15, 0.2) is 6.10 Å². The summed E-state index contributed by atoms with van der Waals surface area (Å²) in [5, 5.41) is 0. The summed E-state index contributed by atoms with van der Waals surface area (Å²) in [6.45, 7) is 6.66. The smallest absolute Gasteiger partial charge is 0.306 e. The highest BCUT2D eigenvalue weighted by atomic mass is 16.6. The lowest BCUT2D eigenvalue weighted by molar-refractivity contribution is -0.167. The second-order valence-corrected chi connectivity index (χ2v) is 24.5. The summed E-state index contributed by atoms with van der Waals surface area (Å²) in [4.78, 5) is 38.3. The van der Waals surface area contributed by atoms with E-state index in [9.17, 15) is 14.4 Å². The Hall–Kier alpha value is -2.11. The van der Waals surface area contributed by atoms with E-state index < -0.39 is 6.10 Å². The van der Waals surface area contributed by atoms with Crippen LogP contribution in [0.5, 0.6) is 0 Å². The average Bonchev–Trinajstić information content (AvgIpc) is 3.45. The maximum atomic E-state index is 12.9. The number of carbonyl (C=O) groups excluding carboxylic acids is 3. The molecule has 0 bridgehead atoms. The number of hydrogen-bond acceptors (Lipinski definition) is 6. The van der Waals surface area contributed by atoms with Crippen LogP contribution in [-0.4, -0.2) is 37.2 Å². The molecule has 0 radical (unpaired) electrons. The number of hydrogen-bond donors (Lipinski definition) is 0. The SMILES string of the molecule is CCCCC/C=C\CCCCCCCC(=O)OCC(COC(=O)CCCCCCCCCCCCCCCCCCCCCCCCCCCCCCCCCCCC)OC(=O)CCCCCCC/C=C\CCCCCCCC. The first kappa shape index (κ1) is 76.9. The molecule has 0 aromatic rings. The zero-order valence-electron chi connectivity index (χ0n) is 53.7. The highest BCUT2D eigenvalue weighted by molar-refractivity contribution is 5.71. The summed E-state index contributed by atoms with van der Waals surface area (Å²) in [6.07, 6.45) is 83.8. The first-order valence-electron chi connectivity index (χ1n) is 35.8. The van der Waals surface area contributed by atoms with Gasteiger partial charge < -0.3 is 14.2 Å². The van der Waals surface area contributed by atoms with Gasteiger partial charge in [-0.15, -0.1) is 0 Å². The Morgan fingerprint density at radius 1 is 0.241 bits per heavy atom. The lowest BCUT2D eigenvalue weighted by atomic mass is 10.0. The molecule has 0 saturated heterocycles. The van der Waals surface area contributed by atoms with Crippen LogP contribution in [0.1, 0.15) is 406 Å². The molecule has 79 heavy (non-hydrogen) atoms.